The number of aliphatic hydroxyl groups is 1. The van der Waals surface area contributed by atoms with E-state index in [1.165, 1.54) is 26.0 Å². The molecule has 2 aliphatic heterocycles. The zero-order chi connectivity index (χ0) is 30.7. The number of likely N-dealkylation sites (N-methyl/N-ethyl adjacent to an activating group) is 1. The molecule has 1 aromatic rings. The molecule has 2 aliphatic carbocycles. The molecule has 0 radical (unpaired) electrons. The van der Waals surface area contributed by atoms with Crippen molar-refractivity contribution in [2.45, 2.75) is 88.4 Å². The number of ketones is 1. The van der Waals surface area contributed by atoms with E-state index in [0.29, 0.717) is 24.9 Å². The molecule has 2 bridgehead atoms. The fourth-order valence-electron chi connectivity index (χ4n) is 6.76. The van der Waals surface area contributed by atoms with Crippen LogP contribution in [0.5, 0.6) is 11.5 Å². The van der Waals surface area contributed by atoms with E-state index >= 15 is 0 Å². The molecule has 1 aromatic carbocycles. The van der Waals surface area contributed by atoms with E-state index in [1.807, 2.05) is 7.05 Å². The molecule has 0 saturated carbocycles. The molecule has 0 aromatic heterocycles. The van der Waals surface area contributed by atoms with Gasteiger partial charge in [-0.15, -0.1) is 0 Å². The number of nitrogens with zero attached hydrogens (tertiary/aromatic N) is 1. The summed E-state index contributed by atoms with van der Waals surface area (Å²) < 4.78 is 27.1. The zero-order valence-corrected chi connectivity index (χ0v) is 23.9. The van der Waals surface area contributed by atoms with Crippen molar-refractivity contribution in [2.24, 2.45) is 0 Å². The summed E-state index contributed by atoms with van der Waals surface area (Å²) in [4.78, 5) is 64.1. The quantitative estimate of drug-likeness (QED) is 0.320. The second kappa shape index (κ2) is 10.4. The van der Waals surface area contributed by atoms with Crippen molar-refractivity contribution < 1.29 is 57.9 Å². The van der Waals surface area contributed by atoms with Crippen LogP contribution in [-0.2, 0) is 54.8 Å². The third-order valence-corrected chi connectivity index (χ3v) is 8.76. The first-order valence-corrected chi connectivity index (χ1v) is 13.6. The van der Waals surface area contributed by atoms with Crippen LogP contribution in [0.1, 0.15) is 51.7 Å². The second-order valence-electron chi connectivity index (χ2n) is 11.3. The Morgan fingerprint density at radius 3 is 2.29 bits per heavy atom. The summed E-state index contributed by atoms with van der Waals surface area (Å²) in [7, 11) is 1.93. The Morgan fingerprint density at radius 1 is 1.02 bits per heavy atom. The van der Waals surface area contributed by atoms with Crippen LogP contribution in [0.3, 0.4) is 0 Å². The minimum atomic E-state index is -2.10. The fraction of sp³-hybridized carbons (Fsp3) is 0.552. The van der Waals surface area contributed by atoms with Crippen molar-refractivity contribution in [3.8, 4) is 11.5 Å². The third kappa shape index (κ3) is 4.42. The molecule has 226 valence electrons. The Hall–Kier alpha value is -3.97. The van der Waals surface area contributed by atoms with Gasteiger partial charge in [0, 0.05) is 31.9 Å². The summed E-state index contributed by atoms with van der Waals surface area (Å²) in [5, 5.41) is 22.9. The number of Topliss-reactive ketones (excluding diaryl/α,β-unsaturated/α-hetero) is 1. The van der Waals surface area contributed by atoms with Crippen molar-refractivity contribution in [2.75, 3.05) is 13.6 Å². The molecule has 1 saturated heterocycles. The van der Waals surface area contributed by atoms with Crippen molar-refractivity contribution >= 4 is 29.7 Å². The van der Waals surface area contributed by atoms with Crippen molar-refractivity contribution in [3.63, 3.8) is 0 Å². The first-order chi connectivity index (χ1) is 19.7. The number of rotatable bonds is 8. The first-order valence-electron chi connectivity index (χ1n) is 13.6. The van der Waals surface area contributed by atoms with Gasteiger partial charge >= 0.3 is 23.9 Å². The molecule has 0 amide bonds. The number of phenols is 1. The Balaban J connectivity index is 1.51. The monoisotopic (exact) mass is 587 g/mol. The number of aromatic hydroxyl groups is 1. The molecule has 42 heavy (non-hydrogen) atoms. The Labute approximate surface area is 241 Å². The number of ether oxygens (including phenoxy) is 5. The van der Waals surface area contributed by atoms with Crippen LogP contribution in [0.25, 0.3) is 0 Å². The molecule has 1 fully saturated rings. The number of benzene rings is 1. The molecule has 7 atom stereocenters. The number of hydrogen-bond donors (Lipinski definition) is 2. The lowest BCUT2D eigenvalue weighted by Crippen LogP contribution is -2.74. The van der Waals surface area contributed by atoms with E-state index < -0.39 is 65.1 Å². The van der Waals surface area contributed by atoms with Gasteiger partial charge in [0.15, 0.2) is 29.5 Å². The fourth-order valence-corrected chi connectivity index (χ4v) is 6.76. The molecule has 2 N–H and O–H groups in total. The molecule has 4 aliphatic rings. The summed E-state index contributed by atoms with van der Waals surface area (Å²) in [5.41, 5.74) is -0.834. The van der Waals surface area contributed by atoms with Crippen molar-refractivity contribution in [1.82, 2.24) is 4.90 Å². The third-order valence-electron chi connectivity index (χ3n) is 8.76. The highest BCUT2D eigenvalue weighted by molar-refractivity contribution is 5.91. The minimum absolute atomic E-state index is 0.0272. The van der Waals surface area contributed by atoms with Crippen LogP contribution < -0.4 is 4.74 Å². The van der Waals surface area contributed by atoms with Gasteiger partial charge in [0.1, 0.15) is 5.76 Å². The standard InChI is InChI=1S/C29H33NO12/c1-13(31)14(2)38-26(35)23(39-15(3)32)24(40-16(4)33)27(36)41-19-8-9-29(37)20-12-17-6-7-18(34)22-21(17)28(29,25(19)42-22)10-11-30(20)5/h6-8,14,20,23-25,34,37H,9-12H2,1-5H3/t14-,20+,23+,24+,25-,28-,29+/m0/s1. The Morgan fingerprint density at radius 2 is 1.67 bits per heavy atom. The molecule has 13 heteroatoms. The van der Waals surface area contributed by atoms with Crippen LogP contribution >= 0.6 is 0 Å². The molecule has 13 nitrogen and oxygen atoms in total. The smallest absolute Gasteiger partial charge is 0.357 e. The summed E-state index contributed by atoms with van der Waals surface area (Å²) in [6.07, 6.45) is -3.95. The average molecular weight is 588 g/mol. The van der Waals surface area contributed by atoms with Crippen LogP contribution in [0, 0.1) is 0 Å². The molecule has 2 heterocycles. The highest BCUT2D eigenvalue weighted by Gasteiger charge is 2.72. The summed E-state index contributed by atoms with van der Waals surface area (Å²) in [6.45, 7) is 5.01. The van der Waals surface area contributed by atoms with Gasteiger partial charge in [-0.25, -0.2) is 9.59 Å². The summed E-state index contributed by atoms with van der Waals surface area (Å²) in [6, 6.07) is 3.03. The molecular formula is C29H33NO12. The van der Waals surface area contributed by atoms with Gasteiger partial charge in [0.05, 0.1) is 11.0 Å². The SMILES string of the molecule is CC(=O)O[C@@H](C(=O)OC1=CC[C@@]2(O)[C@H]3Cc4ccc(O)c5c4[C@@]2(CCN3C)[C@H]1O5)[C@@H](OC(C)=O)C(=O)O[C@@H](C)C(C)=O. The van der Waals surface area contributed by atoms with Crippen LogP contribution in [0.2, 0.25) is 0 Å². The number of carbonyl (C=O) groups excluding carboxylic acids is 5. The predicted octanol–water partition coefficient (Wildman–Crippen LogP) is 0.597. The lowest BCUT2D eigenvalue weighted by Gasteiger charge is -2.61. The first kappa shape index (κ1) is 29.5. The van der Waals surface area contributed by atoms with E-state index in [1.54, 1.807) is 6.07 Å². The maximum atomic E-state index is 13.6. The van der Waals surface area contributed by atoms with E-state index in [4.69, 9.17) is 23.7 Å². The number of likely N-dealkylation sites (tertiary alicyclic amines) is 1. The van der Waals surface area contributed by atoms with Gasteiger partial charge in [-0.1, -0.05) is 6.07 Å². The van der Waals surface area contributed by atoms with Gasteiger partial charge in [-0.3, -0.25) is 14.4 Å². The average Bonchev–Trinajstić information content (AvgIpc) is 3.27. The molecule has 1 spiro atoms. The number of piperidine rings is 1. The van der Waals surface area contributed by atoms with E-state index in [9.17, 15) is 34.2 Å². The van der Waals surface area contributed by atoms with Gasteiger partial charge in [0.2, 0.25) is 12.2 Å². The van der Waals surface area contributed by atoms with E-state index in [0.717, 1.165) is 19.4 Å². The zero-order valence-electron chi connectivity index (χ0n) is 23.9. The summed E-state index contributed by atoms with van der Waals surface area (Å²) >= 11 is 0. The van der Waals surface area contributed by atoms with Gasteiger partial charge in [0.25, 0.3) is 0 Å². The molecular weight excluding hydrogens is 554 g/mol. The Bertz CT molecular complexity index is 1400. The van der Waals surface area contributed by atoms with Crippen LogP contribution in [0.4, 0.5) is 0 Å². The van der Waals surface area contributed by atoms with Crippen LogP contribution in [0.15, 0.2) is 24.0 Å². The largest absolute Gasteiger partial charge is 0.504 e. The van der Waals surface area contributed by atoms with Gasteiger partial charge < -0.3 is 38.8 Å². The van der Waals surface area contributed by atoms with Crippen molar-refractivity contribution in [1.29, 1.82) is 0 Å². The molecule has 0 unspecified atom stereocenters. The minimum Gasteiger partial charge on any atom is -0.504 e. The molecule has 5 rings (SSSR count). The number of hydrogen-bond acceptors (Lipinski definition) is 13. The number of esters is 4. The predicted molar refractivity (Wildman–Crippen MR) is 140 cm³/mol. The highest BCUT2D eigenvalue weighted by atomic mass is 16.6. The number of phenolic OH excluding ortho intramolecular Hbond substituents is 1. The topological polar surface area (TPSA) is 175 Å². The normalized spacial score (nSPS) is 29.0. The maximum absolute atomic E-state index is 13.6. The maximum Gasteiger partial charge on any atom is 0.357 e. The van der Waals surface area contributed by atoms with E-state index in [2.05, 4.69) is 4.90 Å². The Kier molecular flexibility index (Phi) is 7.30. The lowest BCUT2D eigenvalue weighted by molar-refractivity contribution is -0.193. The second-order valence-corrected chi connectivity index (χ2v) is 11.3. The lowest BCUT2D eigenvalue weighted by atomic mass is 9.50. The number of carbonyl (C=O) groups is 5. The highest BCUT2D eigenvalue weighted by Crippen LogP contribution is 2.65. The van der Waals surface area contributed by atoms with E-state index in [-0.39, 0.29) is 29.7 Å². The van der Waals surface area contributed by atoms with Crippen LogP contribution in [-0.4, -0.2) is 94.4 Å². The van der Waals surface area contributed by atoms with Gasteiger partial charge in [-0.2, -0.15) is 0 Å². The summed E-state index contributed by atoms with van der Waals surface area (Å²) in [5.74, 6) is -5.03. The van der Waals surface area contributed by atoms with Crippen molar-refractivity contribution in [3.05, 3.63) is 35.1 Å². The van der Waals surface area contributed by atoms with Gasteiger partial charge in [-0.05, 0) is 58.0 Å².